The van der Waals surface area contributed by atoms with Crippen molar-refractivity contribution in [3.8, 4) is 11.3 Å². The van der Waals surface area contributed by atoms with E-state index >= 15 is 0 Å². The van der Waals surface area contributed by atoms with Gasteiger partial charge in [-0.1, -0.05) is 11.8 Å². The average Bonchev–Trinajstić information content (AvgIpc) is 3.07. The molecule has 7 nitrogen and oxygen atoms in total. The summed E-state index contributed by atoms with van der Waals surface area (Å²) in [4.78, 5) is 6.72. The number of nitrogens with zero attached hydrogens (tertiary/aromatic N) is 3. The van der Waals surface area contributed by atoms with E-state index in [9.17, 15) is 0 Å². The second-order valence-corrected chi connectivity index (χ2v) is 7.44. The van der Waals surface area contributed by atoms with Crippen molar-refractivity contribution in [3.05, 3.63) is 30.6 Å². The van der Waals surface area contributed by atoms with E-state index in [0.717, 1.165) is 48.6 Å². The van der Waals surface area contributed by atoms with Gasteiger partial charge in [0.05, 0.1) is 18.7 Å². The summed E-state index contributed by atoms with van der Waals surface area (Å²) < 4.78 is 2.05. The Labute approximate surface area is 162 Å². The molecule has 0 spiro atoms. The Bertz CT molecular complexity index is 941. The molecule has 3 heterocycles. The lowest BCUT2D eigenvalue weighted by atomic mass is 10.1. The third kappa shape index (κ3) is 3.53. The van der Waals surface area contributed by atoms with Crippen LogP contribution in [0.25, 0.3) is 22.2 Å². The quantitative estimate of drug-likeness (QED) is 0.327. The van der Waals surface area contributed by atoms with Gasteiger partial charge in [-0.15, -0.1) is 0 Å². The summed E-state index contributed by atoms with van der Waals surface area (Å²) in [7, 11) is 1.96. The SMILES string of the molecule is CNCCNc1ccc2c3c(nn2CCNCCO)-c2cnccc2Sc13. The lowest BCUT2D eigenvalue weighted by Crippen LogP contribution is -2.23. The van der Waals surface area contributed by atoms with Crippen molar-refractivity contribution >= 4 is 28.4 Å². The van der Waals surface area contributed by atoms with Gasteiger partial charge in [0.1, 0.15) is 5.69 Å². The summed E-state index contributed by atoms with van der Waals surface area (Å²) in [5.41, 5.74) is 4.37. The predicted octanol–water partition coefficient (Wildman–Crippen LogP) is 1.78. The molecule has 2 aromatic heterocycles. The number of rotatable bonds is 9. The number of likely N-dealkylation sites (N-methyl/N-ethyl adjacent to an activating group) is 1. The smallest absolute Gasteiger partial charge is 0.104 e. The molecule has 27 heavy (non-hydrogen) atoms. The van der Waals surface area contributed by atoms with Crippen LogP contribution in [0.1, 0.15) is 0 Å². The molecular formula is C19H24N6OS. The van der Waals surface area contributed by atoms with Crippen LogP contribution in [0.3, 0.4) is 0 Å². The molecule has 0 amide bonds. The summed E-state index contributed by atoms with van der Waals surface area (Å²) in [6, 6.07) is 6.35. The molecule has 142 valence electrons. The summed E-state index contributed by atoms with van der Waals surface area (Å²) in [5.74, 6) is 0. The van der Waals surface area contributed by atoms with E-state index in [-0.39, 0.29) is 6.61 Å². The molecule has 1 aliphatic heterocycles. The minimum absolute atomic E-state index is 0.145. The second-order valence-electron chi connectivity index (χ2n) is 6.39. The van der Waals surface area contributed by atoms with Crippen molar-refractivity contribution in [3.63, 3.8) is 0 Å². The molecule has 0 aliphatic carbocycles. The first-order valence-electron chi connectivity index (χ1n) is 9.19. The molecule has 3 aromatic rings. The highest BCUT2D eigenvalue weighted by atomic mass is 32.2. The lowest BCUT2D eigenvalue weighted by molar-refractivity contribution is 0.291. The fraction of sp³-hybridized carbons (Fsp3) is 0.368. The molecule has 0 fully saturated rings. The molecule has 8 heteroatoms. The molecular weight excluding hydrogens is 360 g/mol. The van der Waals surface area contributed by atoms with Crippen LogP contribution >= 0.6 is 11.8 Å². The number of anilines is 1. The summed E-state index contributed by atoms with van der Waals surface area (Å²) in [6.45, 7) is 4.04. The predicted molar refractivity (Wildman–Crippen MR) is 109 cm³/mol. The monoisotopic (exact) mass is 384 g/mol. The summed E-state index contributed by atoms with van der Waals surface area (Å²) in [5, 5.41) is 25.0. The maximum Gasteiger partial charge on any atom is 0.104 e. The normalized spacial score (nSPS) is 12.4. The minimum Gasteiger partial charge on any atom is -0.395 e. The Balaban J connectivity index is 1.76. The number of hydrogen-bond acceptors (Lipinski definition) is 7. The van der Waals surface area contributed by atoms with E-state index in [0.29, 0.717) is 6.54 Å². The molecule has 1 aromatic carbocycles. The van der Waals surface area contributed by atoms with Gasteiger partial charge in [0.15, 0.2) is 0 Å². The Kier molecular flexibility index (Phi) is 5.58. The Morgan fingerprint density at radius 1 is 1.15 bits per heavy atom. The molecule has 0 bridgehead atoms. The molecule has 0 radical (unpaired) electrons. The fourth-order valence-corrected chi connectivity index (χ4v) is 4.48. The molecule has 0 unspecified atom stereocenters. The van der Waals surface area contributed by atoms with Crippen LogP contribution in [0, 0.1) is 0 Å². The summed E-state index contributed by atoms with van der Waals surface area (Å²) >= 11 is 1.78. The van der Waals surface area contributed by atoms with Crippen LogP contribution < -0.4 is 16.0 Å². The first-order chi connectivity index (χ1) is 13.3. The minimum atomic E-state index is 0.145. The topological polar surface area (TPSA) is 87.0 Å². The zero-order valence-corrected chi connectivity index (χ0v) is 16.1. The number of nitrogens with one attached hydrogen (secondary N) is 3. The van der Waals surface area contributed by atoms with Crippen LogP contribution in [0.5, 0.6) is 0 Å². The summed E-state index contributed by atoms with van der Waals surface area (Å²) in [6.07, 6.45) is 3.74. The van der Waals surface area contributed by atoms with Crippen LogP contribution in [0.2, 0.25) is 0 Å². The average molecular weight is 385 g/mol. The first-order valence-corrected chi connectivity index (χ1v) is 10.0. The van der Waals surface area contributed by atoms with Crippen LogP contribution in [-0.2, 0) is 6.54 Å². The van der Waals surface area contributed by atoms with E-state index in [1.54, 1.807) is 11.8 Å². The van der Waals surface area contributed by atoms with Crippen LogP contribution in [0.4, 0.5) is 5.69 Å². The van der Waals surface area contributed by atoms with Gasteiger partial charge in [-0.25, -0.2) is 0 Å². The van der Waals surface area contributed by atoms with Crippen molar-refractivity contribution in [1.29, 1.82) is 0 Å². The Hall–Kier alpha value is -2.13. The van der Waals surface area contributed by atoms with Crippen molar-refractivity contribution in [2.75, 3.05) is 45.2 Å². The van der Waals surface area contributed by atoms with Gasteiger partial charge >= 0.3 is 0 Å². The van der Waals surface area contributed by atoms with Gasteiger partial charge in [0.25, 0.3) is 0 Å². The second kappa shape index (κ2) is 8.26. The number of fused-ring (bicyclic) bond motifs is 2. The first kappa shape index (κ1) is 18.2. The Morgan fingerprint density at radius 3 is 2.93 bits per heavy atom. The molecule has 0 saturated carbocycles. The lowest BCUT2D eigenvalue weighted by Gasteiger charge is -2.18. The van der Waals surface area contributed by atoms with Gasteiger partial charge in [0.2, 0.25) is 0 Å². The number of benzene rings is 1. The third-order valence-corrected chi connectivity index (χ3v) is 5.80. The van der Waals surface area contributed by atoms with Gasteiger partial charge in [-0.05, 0) is 25.2 Å². The third-order valence-electron chi connectivity index (χ3n) is 4.60. The number of pyridine rings is 1. The van der Waals surface area contributed by atoms with E-state index < -0.39 is 0 Å². The van der Waals surface area contributed by atoms with Crippen LogP contribution in [-0.4, -0.2) is 59.7 Å². The number of aliphatic hydroxyl groups excluding tert-OH is 1. The zero-order valence-electron chi connectivity index (χ0n) is 15.3. The van der Waals surface area contributed by atoms with E-state index in [2.05, 4.69) is 43.8 Å². The number of hydrogen-bond donors (Lipinski definition) is 4. The fourth-order valence-electron chi connectivity index (χ4n) is 3.31. The zero-order chi connectivity index (χ0) is 18.6. The maximum atomic E-state index is 8.94. The van der Waals surface area contributed by atoms with E-state index in [1.165, 1.54) is 15.2 Å². The molecule has 4 rings (SSSR count). The Morgan fingerprint density at radius 2 is 2.07 bits per heavy atom. The molecule has 0 atom stereocenters. The maximum absolute atomic E-state index is 8.94. The van der Waals surface area contributed by atoms with Crippen molar-refractivity contribution in [2.45, 2.75) is 16.3 Å². The molecule has 4 N–H and O–H groups in total. The van der Waals surface area contributed by atoms with Gasteiger partial charge in [-0.3, -0.25) is 9.67 Å². The van der Waals surface area contributed by atoms with Crippen LogP contribution in [0.15, 0.2) is 40.4 Å². The van der Waals surface area contributed by atoms with E-state index in [1.807, 2.05) is 19.4 Å². The van der Waals surface area contributed by atoms with Gasteiger partial charge in [-0.2, -0.15) is 5.10 Å². The standard InChI is InChI=1S/C19H24N6OS/c1-20-6-7-23-14-2-3-15-17-18(24-25(15)10-8-21-9-11-26)13-12-22-5-4-16(13)27-19(14)17/h2-5,12,20-21,23,26H,6-11H2,1H3. The largest absolute Gasteiger partial charge is 0.395 e. The number of aromatic nitrogens is 3. The number of aliphatic hydroxyl groups is 1. The highest BCUT2D eigenvalue weighted by Crippen LogP contribution is 2.49. The highest BCUT2D eigenvalue weighted by molar-refractivity contribution is 8.00. The highest BCUT2D eigenvalue weighted by Gasteiger charge is 2.26. The van der Waals surface area contributed by atoms with Gasteiger partial charge in [0, 0.05) is 65.0 Å². The van der Waals surface area contributed by atoms with E-state index in [4.69, 9.17) is 10.2 Å². The van der Waals surface area contributed by atoms with Crippen molar-refractivity contribution in [1.82, 2.24) is 25.4 Å². The van der Waals surface area contributed by atoms with Gasteiger partial charge < -0.3 is 21.1 Å². The molecule has 1 aliphatic rings. The van der Waals surface area contributed by atoms with Crippen molar-refractivity contribution in [2.24, 2.45) is 0 Å². The molecule has 0 saturated heterocycles. The van der Waals surface area contributed by atoms with Crippen molar-refractivity contribution < 1.29 is 5.11 Å².